The topological polar surface area (TPSA) is 94.2 Å². The van der Waals surface area contributed by atoms with Crippen LogP contribution in [0.2, 0.25) is 0 Å². The van der Waals surface area contributed by atoms with Crippen LogP contribution < -0.4 is 23.8 Å². The molecule has 0 saturated carbocycles. The SMILES string of the molecule is CCC1(CC)C[C@H](NC(=O)CN(c2ccc3c(c2)OCCO3)S(=O)(=O)CC)c2ccccc2O1. The molecule has 0 radical (unpaired) electrons. The maximum absolute atomic E-state index is 13.2. The molecular weight excluding hydrogens is 456 g/mol. The van der Waals surface area contributed by atoms with Crippen LogP contribution in [0.3, 0.4) is 0 Å². The minimum atomic E-state index is -3.72. The number of sulfonamides is 1. The molecule has 4 rings (SSSR count). The fourth-order valence-electron chi connectivity index (χ4n) is 4.49. The number of anilines is 1. The number of hydrogen-bond acceptors (Lipinski definition) is 6. The molecule has 0 fully saturated rings. The van der Waals surface area contributed by atoms with Crippen LogP contribution in [0.15, 0.2) is 42.5 Å². The Hall–Kier alpha value is -2.94. The summed E-state index contributed by atoms with van der Waals surface area (Å²) in [6.07, 6.45) is 2.22. The van der Waals surface area contributed by atoms with E-state index >= 15 is 0 Å². The Morgan fingerprint density at radius 3 is 2.44 bits per heavy atom. The van der Waals surface area contributed by atoms with Gasteiger partial charge < -0.3 is 19.5 Å². The number of carbonyl (C=O) groups is 1. The van der Waals surface area contributed by atoms with Crippen molar-refractivity contribution in [3.63, 3.8) is 0 Å². The summed E-state index contributed by atoms with van der Waals surface area (Å²) in [4.78, 5) is 13.2. The molecule has 2 heterocycles. The highest BCUT2D eigenvalue weighted by Crippen LogP contribution is 2.42. The van der Waals surface area contributed by atoms with Gasteiger partial charge in [0.05, 0.1) is 17.5 Å². The highest BCUT2D eigenvalue weighted by molar-refractivity contribution is 7.92. The molecule has 2 aliphatic rings. The molecule has 184 valence electrons. The van der Waals surface area contributed by atoms with Gasteiger partial charge in [0, 0.05) is 18.1 Å². The van der Waals surface area contributed by atoms with E-state index in [1.165, 1.54) is 0 Å². The fourth-order valence-corrected chi connectivity index (χ4v) is 5.55. The Bertz CT molecular complexity index is 1150. The van der Waals surface area contributed by atoms with Gasteiger partial charge in [0.25, 0.3) is 0 Å². The quantitative estimate of drug-likeness (QED) is 0.607. The fraction of sp³-hybridized carbons (Fsp3) is 0.480. The first kappa shape index (κ1) is 24.2. The Kier molecular flexibility index (Phi) is 6.93. The number of fused-ring (bicyclic) bond motifs is 2. The lowest BCUT2D eigenvalue weighted by molar-refractivity contribution is -0.121. The van der Waals surface area contributed by atoms with Crippen molar-refractivity contribution in [1.29, 1.82) is 0 Å². The summed E-state index contributed by atoms with van der Waals surface area (Å²) >= 11 is 0. The van der Waals surface area contributed by atoms with E-state index in [1.54, 1.807) is 25.1 Å². The number of rotatable bonds is 8. The summed E-state index contributed by atoms with van der Waals surface area (Å²) < 4.78 is 44.5. The van der Waals surface area contributed by atoms with Gasteiger partial charge in [0.2, 0.25) is 15.9 Å². The summed E-state index contributed by atoms with van der Waals surface area (Å²) in [5, 5.41) is 3.08. The molecular formula is C25H32N2O6S. The molecule has 34 heavy (non-hydrogen) atoms. The second-order valence-electron chi connectivity index (χ2n) is 8.59. The van der Waals surface area contributed by atoms with Gasteiger partial charge in [-0.25, -0.2) is 8.42 Å². The first-order valence-electron chi connectivity index (χ1n) is 11.8. The van der Waals surface area contributed by atoms with E-state index in [1.807, 2.05) is 24.3 Å². The predicted octanol–water partition coefficient (Wildman–Crippen LogP) is 3.81. The highest BCUT2D eigenvalue weighted by Gasteiger charge is 2.39. The molecule has 1 amide bonds. The van der Waals surface area contributed by atoms with Crippen LogP contribution >= 0.6 is 0 Å². The van der Waals surface area contributed by atoms with Gasteiger partial charge in [-0.2, -0.15) is 0 Å². The first-order chi connectivity index (χ1) is 16.3. The third-order valence-corrected chi connectivity index (χ3v) is 8.36. The number of carbonyl (C=O) groups excluding carboxylic acids is 1. The average molecular weight is 489 g/mol. The number of hydrogen-bond donors (Lipinski definition) is 1. The monoisotopic (exact) mass is 488 g/mol. The largest absolute Gasteiger partial charge is 0.487 e. The van der Waals surface area contributed by atoms with Gasteiger partial charge >= 0.3 is 0 Å². The summed E-state index contributed by atoms with van der Waals surface area (Å²) in [5.74, 6) is 1.27. The maximum atomic E-state index is 13.2. The van der Waals surface area contributed by atoms with Gasteiger partial charge in [-0.05, 0) is 38.0 Å². The van der Waals surface area contributed by atoms with E-state index < -0.39 is 10.0 Å². The minimum absolute atomic E-state index is 0.135. The van der Waals surface area contributed by atoms with E-state index in [0.29, 0.717) is 36.8 Å². The second-order valence-corrected chi connectivity index (χ2v) is 10.8. The molecule has 0 saturated heterocycles. The Morgan fingerprint density at radius 2 is 1.74 bits per heavy atom. The Labute approximate surface area is 201 Å². The number of ether oxygens (including phenoxy) is 3. The summed E-state index contributed by atoms with van der Waals surface area (Å²) in [7, 11) is -3.72. The molecule has 0 bridgehead atoms. The smallest absolute Gasteiger partial charge is 0.241 e. The third kappa shape index (κ3) is 4.80. The molecule has 2 aromatic rings. The van der Waals surface area contributed by atoms with E-state index in [9.17, 15) is 13.2 Å². The van der Waals surface area contributed by atoms with E-state index in [2.05, 4.69) is 19.2 Å². The lowest BCUT2D eigenvalue weighted by atomic mass is 9.83. The zero-order valence-electron chi connectivity index (χ0n) is 19.9. The number of amides is 1. The number of benzene rings is 2. The molecule has 0 aromatic heterocycles. The van der Waals surface area contributed by atoms with Crippen molar-refractivity contribution in [3.8, 4) is 17.2 Å². The maximum Gasteiger partial charge on any atom is 0.241 e. The van der Waals surface area contributed by atoms with Gasteiger partial charge in [-0.3, -0.25) is 9.10 Å². The van der Waals surface area contributed by atoms with Crippen molar-refractivity contribution < 1.29 is 27.4 Å². The minimum Gasteiger partial charge on any atom is -0.487 e. The lowest BCUT2D eigenvalue weighted by Gasteiger charge is -2.41. The number of nitrogens with one attached hydrogen (secondary N) is 1. The summed E-state index contributed by atoms with van der Waals surface area (Å²) in [6, 6.07) is 12.3. The van der Waals surface area contributed by atoms with Crippen molar-refractivity contribution in [1.82, 2.24) is 5.32 Å². The molecule has 8 nitrogen and oxygen atoms in total. The Morgan fingerprint density at radius 1 is 1.03 bits per heavy atom. The average Bonchev–Trinajstić information content (AvgIpc) is 2.86. The van der Waals surface area contributed by atoms with Crippen LogP contribution in [0, 0.1) is 0 Å². The molecule has 1 atom stereocenters. The molecule has 9 heteroatoms. The van der Waals surface area contributed by atoms with Crippen molar-refractivity contribution in [2.45, 2.75) is 51.7 Å². The van der Waals surface area contributed by atoms with Crippen LogP contribution in [0.25, 0.3) is 0 Å². The standard InChI is InChI=1S/C25H32N2O6S/c1-4-25(5-2)16-20(19-9-7-8-10-21(19)33-25)26-24(28)17-27(34(29,30)6-3)18-11-12-22-23(15-18)32-14-13-31-22/h7-12,15,20H,4-6,13-14,16-17H2,1-3H3,(H,26,28)/t20-/m0/s1. The van der Waals surface area contributed by atoms with Crippen molar-refractivity contribution >= 4 is 21.6 Å². The zero-order valence-corrected chi connectivity index (χ0v) is 20.7. The summed E-state index contributed by atoms with van der Waals surface area (Å²) in [6.45, 7) is 6.21. The number of nitrogens with zero attached hydrogens (tertiary/aromatic N) is 1. The van der Waals surface area contributed by atoms with Gasteiger partial charge in [-0.15, -0.1) is 0 Å². The van der Waals surface area contributed by atoms with Crippen LogP contribution in [0.5, 0.6) is 17.2 Å². The van der Waals surface area contributed by atoms with Crippen LogP contribution in [0.4, 0.5) is 5.69 Å². The zero-order chi connectivity index (χ0) is 24.3. The predicted molar refractivity (Wildman–Crippen MR) is 130 cm³/mol. The second kappa shape index (κ2) is 9.74. The van der Waals surface area contributed by atoms with Crippen molar-refractivity contribution in [2.75, 3.05) is 29.8 Å². The Balaban J connectivity index is 1.59. The first-order valence-corrected chi connectivity index (χ1v) is 13.4. The number of para-hydroxylation sites is 1. The van der Waals surface area contributed by atoms with Gasteiger partial charge in [0.1, 0.15) is 31.1 Å². The van der Waals surface area contributed by atoms with Crippen molar-refractivity contribution in [2.24, 2.45) is 0 Å². The molecule has 0 unspecified atom stereocenters. The lowest BCUT2D eigenvalue weighted by Crippen LogP contribution is -2.47. The van der Waals surface area contributed by atoms with Crippen LogP contribution in [-0.4, -0.2) is 45.4 Å². The van der Waals surface area contributed by atoms with E-state index in [0.717, 1.165) is 28.5 Å². The van der Waals surface area contributed by atoms with E-state index in [-0.39, 0.29) is 29.8 Å². The summed E-state index contributed by atoms with van der Waals surface area (Å²) in [5.41, 5.74) is 0.889. The van der Waals surface area contributed by atoms with Gasteiger partial charge in [0.15, 0.2) is 11.5 Å². The molecule has 0 aliphatic carbocycles. The highest BCUT2D eigenvalue weighted by atomic mass is 32.2. The van der Waals surface area contributed by atoms with Crippen LogP contribution in [0.1, 0.15) is 51.6 Å². The normalized spacial score (nSPS) is 18.4. The van der Waals surface area contributed by atoms with Crippen LogP contribution in [-0.2, 0) is 14.8 Å². The molecule has 1 N–H and O–H groups in total. The molecule has 2 aromatic carbocycles. The van der Waals surface area contributed by atoms with Gasteiger partial charge in [-0.1, -0.05) is 32.0 Å². The third-order valence-electron chi connectivity index (χ3n) is 6.62. The van der Waals surface area contributed by atoms with Crippen molar-refractivity contribution in [3.05, 3.63) is 48.0 Å². The molecule has 2 aliphatic heterocycles. The van der Waals surface area contributed by atoms with E-state index in [4.69, 9.17) is 14.2 Å². The molecule has 0 spiro atoms.